The van der Waals surface area contributed by atoms with Crippen LogP contribution in [0.3, 0.4) is 0 Å². The maximum atomic E-state index is 10.8. The molecule has 50 valence electrons. The first kappa shape index (κ1) is 5.29. The molecule has 0 aliphatic carbocycles. The third-order valence-corrected chi connectivity index (χ3v) is 1.37. The summed E-state index contributed by atoms with van der Waals surface area (Å²) in [5.41, 5.74) is 0.572. The minimum atomic E-state index is -0.291. The fraction of sp³-hybridized carbons (Fsp3) is 0. The zero-order valence-corrected chi connectivity index (χ0v) is 5.15. The Balaban J connectivity index is 2.93. The van der Waals surface area contributed by atoms with Gasteiger partial charge in [0.2, 0.25) is 11.9 Å². The first-order valence-electron chi connectivity index (χ1n) is 2.92. The number of hydrogen-bond donors (Lipinski definition) is 0. The number of rotatable bonds is 0. The van der Waals surface area contributed by atoms with E-state index in [1.807, 2.05) is 6.07 Å². The van der Waals surface area contributed by atoms with Crippen molar-refractivity contribution >= 4 is 5.52 Å². The first-order valence-corrected chi connectivity index (χ1v) is 2.92. The van der Waals surface area contributed by atoms with Gasteiger partial charge in [-0.25, -0.2) is 0 Å². The van der Waals surface area contributed by atoms with Gasteiger partial charge in [0.15, 0.2) is 6.20 Å². The van der Waals surface area contributed by atoms with Crippen molar-refractivity contribution in [3.8, 4) is 5.95 Å². The van der Waals surface area contributed by atoms with Crippen molar-refractivity contribution in [3.63, 3.8) is 0 Å². The molecule has 2 heterocycles. The number of aromatic nitrogens is 1. The van der Waals surface area contributed by atoms with Crippen LogP contribution in [0.4, 0.5) is 0 Å². The molecule has 0 aliphatic rings. The summed E-state index contributed by atoms with van der Waals surface area (Å²) in [5.74, 6) is -0.291. The SMILES string of the molecule is [O-]c1oc[n+]2ccccc12. The predicted molar refractivity (Wildman–Crippen MR) is 31.3 cm³/mol. The van der Waals surface area contributed by atoms with Gasteiger partial charge in [0.05, 0.1) is 0 Å². The Hall–Kier alpha value is -1.51. The zero-order chi connectivity index (χ0) is 6.97. The minimum absolute atomic E-state index is 0.291. The molecule has 0 bridgehead atoms. The van der Waals surface area contributed by atoms with Crippen molar-refractivity contribution in [2.24, 2.45) is 0 Å². The molecule has 2 aromatic rings. The lowest BCUT2D eigenvalue weighted by molar-refractivity contribution is -0.518. The van der Waals surface area contributed by atoms with Crippen molar-refractivity contribution in [2.45, 2.75) is 0 Å². The highest BCUT2D eigenvalue weighted by Gasteiger charge is 2.00. The Bertz CT molecular complexity index is 353. The molecule has 0 spiro atoms. The van der Waals surface area contributed by atoms with Gasteiger partial charge in [0.25, 0.3) is 0 Å². The maximum absolute atomic E-state index is 10.8. The average Bonchev–Trinajstić information content (AvgIpc) is 2.34. The zero-order valence-electron chi connectivity index (χ0n) is 5.15. The fourth-order valence-corrected chi connectivity index (χ4v) is 0.886. The van der Waals surface area contributed by atoms with E-state index < -0.39 is 0 Å². The lowest BCUT2D eigenvalue weighted by Crippen LogP contribution is -2.16. The smallest absolute Gasteiger partial charge is 0.233 e. The highest BCUT2D eigenvalue weighted by molar-refractivity contribution is 5.45. The quantitative estimate of drug-likeness (QED) is 0.480. The monoisotopic (exact) mass is 135 g/mol. The number of nitrogens with zero attached hydrogens (tertiary/aromatic N) is 1. The largest absolute Gasteiger partial charge is 0.540 e. The van der Waals surface area contributed by atoms with Crippen LogP contribution < -0.4 is 9.51 Å². The highest BCUT2D eigenvalue weighted by Crippen LogP contribution is 2.08. The molecule has 3 nitrogen and oxygen atoms in total. The molecule has 0 N–H and O–H groups in total. The van der Waals surface area contributed by atoms with Gasteiger partial charge >= 0.3 is 0 Å². The summed E-state index contributed by atoms with van der Waals surface area (Å²) in [6, 6.07) is 5.35. The van der Waals surface area contributed by atoms with E-state index in [2.05, 4.69) is 4.42 Å². The minimum Gasteiger partial charge on any atom is -0.540 e. The molecule has 0 aliphatic heterocycles. The van der Waals surface area contributed by atoms with E-state index in [1.165, 1.54) is 6.39 Å². The van der Waals surface area contributed by atoms with Crippen LogP contribution >= 0.6 is 0 Å². The van der Waals surface area contributed by atoms with Crippen LogP contribution in [0.15, 0.2) is 35.2 Å². The first-order chi connectivity index (χ1) is 4.88. The van der Waals surface area contributed by atoms with Crippen LogP contribution in [0.25, 0.3) is 5.52 Å². The van der Waals surface area contributed by atoms with Gasteiger partial charge < -0.3 is 9.52 Å². The molecule has 3 heteroatoms. The predicted octanol–water partition coefficient (Wildman–Crippen LogP) is 0.0919. The Kier molecular flexibility index (Phi) is 0.917. The van der Waals surface area contributed by atoms with E-state index in [0.29, 0.717) is 5.52 Å². The van der Waals surface area contributed by atoms with E-state index in [9.17, 15) is 5.11 Å². The number of pyridine rings is 1. The van der Waals surface area contributed by atoms with Crippen LogP contribution in [-0.4, -0.2) is 0 Å². The number of oxazole rings is 1. The molecule has 0 unspecified atom stereocenters. The van der Waals surface area contributed by atoms with E-state index in [0.717, 1.165) is 0 Å². The molecule has 0 fully saturated rings. The molecule has 0 radical (unpaired) electrons. The maximum Gasteiger partial charge on any atom is 0.233 e. The van der Waals surface area contributed by atoms with Crippen molar-refractivity contribution in [2.75, 3.05) is 0 Å². The molecular formula is C7H5NO2. The molecule has 2 aromatic heterocycles. The van der Waals surface area contributed by atoms with Gasteiger partial charge in [-0.1, -0.05) is 0 Å². The Morgan fingerprint density at radius 3 is 3.10 bits per heavy atom. The van der Waals surface area contributed by atoms with Crippen molar-refractivity contribution in [1.82, 2.24) is 0 Å². The molecule has 10 heavy (non-hydrogen) atoms. The molecule has 0 saturated heterocycles. The van der Waals surface area contributed by atoms with Crippen LogP contribution in [0.5, 0.6) is 5.95 Å². The van der Waals surface area contributed by atoms with Crippen LogP contribution in [0, 0.1) is 0 Å². The summed E-state index contributed by atoms with van der Waals surface area (Å²) in [5, 5.41) is 10.8. The van der Waals surface area contributed by atoms with Gasteiger partial charge in [-0.3, -0.25) is 0 Å². The molecule has 0 aromatic carbocycles. The number of fused-ring (bicyclic) bond motifs is 1. The third-order valence-electron chi connectivity index (χ3n) is 1.37. The molecule has 0 amide bonds. The Morgan fingerprint density at radius 1 is 1.40 bits per heavy atom. The van der Waals surface area contributed by atoms with Gasteiger partial charge in [0.1, 0.15) is 5.95 Å². The Morgan fingerprint density at radius 2 is 2.30 bits per heavy atom. The summed E-state index contributed by atoms with van der Waals surface area (Å²) in [7, 11) is 0. The van der Waals surface area contributed by atoms with E-state index in [1.54, 1.807) is 22.7 Å². The van der Waals surface area contributed by atoms with Gasteiger partial charge in [-0.15, -0.1) is 0 Å². The van der Waals surface area contributed by atoms with E-state index in [4.69, 9.17) is 0 Å². The fourth-order valence-electron chi connectivity index (χ4n) is 0.886. The van der Waals surface area contributed by atoms with Crippen molar-refractivity contribution < 1.29 is 13.9 Å². The third kappa shape index (κ3) is 0.572. The second-order valence-corrected chi connectivity index (χ2v) is 2.00. The molecule has 0 atom stereocenters. The standard InChI is InChI=1S/C7H5NO2/c9-7-6-3-1-2-4-8(6)5-10-7/h1-5H. The lowest BCUT2D eigenvalue weighted by atomic mass is 10.4. The average molecular weight is 135 g/mol. The van der Waals surface area contributed by atoms with Gasteiger partial charge in [-0.2, -0.15) is 4.40 Å². The van der Waals surface area contributed by atoms with Crippen LogP contribution in [0.1, 0.15) is 0 Å². The molecular weight excluding hydrogens is 130 g/mol. The lowest BCUT2D eigenvalue weighted by Gasteiger charge is -1.84. The van der Waals surface area contributed by atoms with E-state index >= 15 is 0 Å². The van der Waals surface area contributed by atoms with Crippen molar-refractivity contribution in [3.05, 3.63) is 30.8 Å². The highest BCUT2D eigenvalue weighted by atomic mass is 16.5. The number of hydrogen-bond acceptors (Lipinski definition) is 2. The summed E-state index contributed by atoms with van der Waals surface area (Å²) in [4.78, 5) is 0. The molecule has 0 saturated carbocycles. The van der Waals surface area contributed by atoms with Crippen LogP contribution in [-0.2, 0) is 0 Å². The summed E-state index contributed by atoms with van der Waals surface area (Å²) >= 11 is 0. The summed E-state index contributed by atoms with van der Waals surface area (Å²) < 4.78 is 6.26. The summed E-state index contributed by atoms with van der Waals surface area (Å²) in [6.07, 6.45) is 3.15. The van der Waals surface area contributed by atoms with Gasteiger partial charge in [0, 0.05) is 12.1 Å². The Labute approximate surface area is 57.1 Å². The van der Waals surface area contributed by atoms with Gasteiger partial charge in [-0.05, 0) is 6.07 Å². The van der Waals surface area contributed by atoms with Crippen molar-refractivity contribution in [1.29, 1.82) is 0 Å². The summed E-state index contributed by atoms with van der Waals surface area (Å²) in [6.45, 7) is 0. The second-order valence-electron chi connectivity index (χ2n) is 2.00. The normalized spacial score (nSPS) is 10.4. The second kappa shape index (κ2) is 1.73. The topological polar surface area (TPSA) is 40.3 Å². The van der Waals surface area contributed by atoms with Crippen LogP contribution in [0.2, 0.25) is 0 Å². The molecule has 2 rings (SSSR count). The van der Waals surface area contributed by atoms with E-state index in [-0.39, 0.29) is 5.95 Å².